The van der Waals surface area contributed by atoms with Crippen LogP contribution in [0.3, 0.4) is 0 Å². The van der Waals surface area contributed by atoms with Crippen molar-refractivity contribution in [3.8, 4) is 11.1 Å². The van der Waals surface area contributed by atoms with Crippen LogP contribution in [0.15, 0.2) is 55.1 Å². The van der Waals surface area contributed by atoms with Crippen molar-refractivity contribution in [1.82, 2.24) is 0 Å². The molecule has 0 fully saturated rings. The van der Waals surface area contributed by atoms with Gasteiger partial charge in [0.25, 0.3) is 0 Å². The summed E-state index contributed by atoms with van der Waals surface area (Å²) in [6, 6.07) is 15.4. The minimum atomic E-state index is -0.336. The van der Waals surface area contributed by atoms with Gasteiger partial charge >= 0.3 is 5.97 Å². The van der Waals surface area contributed by atoms with E-state index in [1.807, 2.05) is 42.5 Å². The Morgan fingerprint density at radius 3 is 2.50 bits per heavy atom. The van der Waals surface area contributed by atoms with Gasteiger partial charge in [0.05, 0.1) is 12.7 Å². The molecule has 2 rings (SSSR count). The highest BCUT2D eigenvalue weighted by atomic mass is 16.5. The first-order valence-electron chi connectivity index (χ1n) is 5.66. The average molecular weight is 238 g/mol. The van der Waals surface area contributed by atoms with Crippen molar-refractivity contribution < 1.29 is 9.53 Å². The lowest BCUT2D eigenvalue weighted by Gasteiger charge is -2.09. The monoisotopic (exact) mass is 238 g/mol. The molecule has 0 unspecified atom stereocenters. The minimum Gasteiger partial charge on any atom is -0.465 e. The highest BCUT2D eigenvalue weighted by Crippen LogP contribution is 2.25. The summed E-state index contributed by atoms with van der Waals surface area (Å²) in [5.41, 5.74) is 3.32. The molecular weight excluding hydrogens is 224 g/mol. The molecule has 0 aliphatic carbocycles. The van der Waals surface area contributed by atoms with Crippen molar-refractivity contribution in [1.29, 1.82) is 0 Å². The number of hydrogen-bond acceptors (Lipinski definition) is 2. The maximum absolute atomic E-state index is 11.8. The van der Waals surface area contributed by atoms with E-state index in [0.29, 0.717) is 5.56 Å². The third-order valence-corrected chi connectivity index (χ3v) is 2.77. The van der Waals surface area contributed by atoms with E-state index in [1.54, 1.807) is 12.1 Å². The summed E-state index contributed by atoms with van der Waals surface area (Å²) in [6.07, 6.45) is 1.71. The van der Waals surface area contributed by atoms with Gasteiger partial charge in [-0.3, -0.25) is 0 Å². The number of carbonyl (C=O) groups excluding carboxylic acids is 1. The molecular formula is C16H14O2. The van der Waals surface area contributed by atoms with Gasteiger partial charge in [-0.15, -0.1) is 0 Å². The van der Waals surface area contributed by atoms with Crippen LogP contribution in [-0.4, -0.2) is 13.1 Å². The number of esters is 1. The Labute approximate surface area is 107 Å². The fourth-order valence-corrected chi connectivity index (χ4v) is 1.84. The number of rotatable bonds is 3. The molecule has 0 heterocycles. The van der Waals surface area contributed by atoms with Gasteiger partial charge in [0, 0.05) is 0 Å². The van der Waals surface area contributed by atoms with Crippen molar-refractivity contribution in [2.45, 2.75) is 0 Å². The quantitative estimate of drug-likeness (QED) is 0.760. The predicted octanol–water partition coefficient (Wildman–Crippen LogP) is 3.78. The zero-order valence-electron chi connectivity index (χ0n) is 10.2. The predicted molar refractivity (Wildman–Crippen MR) is 73.3 cm³/mol. The summed E-state index contributed by atoms with van der Waals surface area (Å²) in [5, 5.41) is 0. The Kier molecular flexibility index (Phi) is 3.58. The molecule has 2 nitrogen and oxygen atoms in total. The van der Waals surface area contributed by atoms with E-state index in [9.17, 15) is 4.79 Å². The number of carbonyl (C=O) groups is 1. The molecule has 0 atom stereocenters. The zero-order chi connectivity index (χ0) is 13.0. The minimum absolute atomic E-state index is 0.336. The number of hydrogen-bond donors (Lipinski definition) is 0. The first-order chi connectivity index (χ1) is 8.76. The van der Waals surface area contributed by atoms with E-state index in [1.165, 1.54) is 7.11 Å². The standard InChI is InChI=1S/C16H14O2/c1-3-12-9-10-14(13-7-5-4-6-8-13)15(11-12)16(17)18-2/h3-11H,1H2,2H3. The molecule has 0 spiro atoms. The molecule has 2 aromatic rings. The van der Waals surface area contributed by atoms with Crippen LogP contribution in [0.4, 0.5) is 0 Å². The number of benzene rings is 2. The topological polar surface area (TPSA) is 26.3 Å². The molecule has 0 saturated carbocycles. The van der Waals surface area contributed by atoms with Crippen LogP contribution < -0.4 is 0 Å². The van der Waals surface area contributed by atoms with E-state index in [-0.39, 0.29) is 5.97 Å². The van der Waals surface area contributed by atoms with Crippen molar-refractivity contribution in [3.63, 3.8) is 0 Å². The van der Waals surface area contributed by atoms with Crippen LogP contribution in [-0.2, 0) is 4.74 Å². The molecule has 18 heavy (non-hydrogen) atoms. The second-order valence-corrected chi connectivity index (χ2v) is 3.87. The number of methoxy groups -OCH3 is 1. The summed E-state index contributed by atoms with van der Waals surface area (Å²) in [6.45, 7) is 3.71. The molecule has 0 aliphatic rings. The lowest BCUT2D eigenvalue weighted by Crippen LogP contribution is -2.04. The van der Waals surface area contributed by atoms with Crippen molar-refractivity contribution in [3.05, 3.63) is 66.2 Å². The van der Waals surface area contributed by atoms with E-state index in [0.717, 1.165) is 16.7 Å². The lowest BCUT2D eigenvalue weighted by molar-refractivity contribution is 0.0601. The fourth-order valence-electron chi connectivity index (χ4n) is 1.84. The Morgan fingerprint density at radius 2 is 1.89 bits per heavy atom. The Morgan fingerprint density at radius 1 is 1.17 bits per heavy atom. The largest absolute Gasteiger partial charge is 0.465 e. The molecule has 0 aromatic heterocycles. The molecule has 2 heteroatoms. The molecule has 0 saturated heterocycles. The van der Waals surface area contributed by atoms with Gasteiger partial charge in [0.15, 0.2) is 0 Å². The van der Waals surface area contributed by atoms with E-state index in [4.69, 9.17) is 4.74 Å². The second-order valence-electron chi connectivity index (χ2n) is 3.87. The van der Waals surface area contributed by atoms with Crippen LogP contribution in [0.25, 0.3) is 17.2 Å². The van der Waals surface area contributed by atoms with E-state index < -0.39 is 0 Å². The van der Waals surface area contributed by atoms with Crippen LogP contribution >= 0.6 is 0 Å². The van der Waals surface area contributed by atoms with Gasteiger partial charge in [-0.1, -0.05) is 55.1 Å². The lowest BCUT2D eigenvalue weighted by atomic mass is 9.97. The maximum Gasteiger partial charge on any atom is 0.338 e. The molecule has 0 aliphatic heterocycles. The SMILES string of the molecule is C=Cc1ccc(-c2ccccc2)c(C(=O)OC)c1. The Bertz CT molecular complexity index is 571. The summed E-state index contributed by atoms with van der Waals surface area (Å²) < 4.78 is 4.82. The molecule has 0 amide bonds. The van der Waals surface area contributed by atoms with Gasteiger partial charge < -0.3 is 4.74 Å². The van der Waals surface area contributed by atoms with Crippen LogP contribution in [0.5, 0.6) is 0 Å². The zero-order valence-corrected chi connectivity index (χ0v) is 10.2. The Balaban J connectivity index is 2.60. The van der Waals surface area contributed by atoms with E-state index >= 15 is 0 Å². The fraction of sp³-hybridized carbons (Fsp3) is 0.0625. The first kappa shape index (κ1) is 12.1. The summed E-state index contributed by atoms with van der Waals surface area (Å²) >= 11 is 0. The molecule has 2 aromatic carbocycles. The summed E-state index contributed by atoms with van der Waals surface area (Å²) in [4.78, 5) is 11.8. The molecule has 0 bridgehead atoms. The first-order valence-corrected chi connectivity index (χ1v) is 5.66. The summed E-state index contributed by atoms with van der Waals surface area (Å²) in [5.74, 6) is -0.336. The van der Waals surface area contributed by atoms with Crippen LogP contribution in [0.2, 0.25) is 0 Å². The second kappa shape index (κ2) is 5.32. The van der Waals surface area contributed by atoms with Crippen LogP contribution in [0, 0.1) is 0 Å². The van der Waals surface area contributed by atoms with Gasteiger partial charge in [0.2, 0.25) is 0 Å². The summed E-state index contributed by atoms with van der Waals surface area (Å²) in [7, 11) is 1.39. The Hall–Kier alpha value is -2.35. The van der Waals surface area contributed by atoms with Gasteiger partial charge in [-0.25, -0.2) is 4.79 Å². The number of ether oxygens (including phenoxy) is 1. The van der Waals surface area contributed by atoms with Crippen LogP contribution in [0.1, 0.15) is 15.9 Å². The highest BCUT2D eigenvalue weighted by molar-refractivity contribution is 5.97. The maximum atomic E-state index is 11.8. The van der Waals surface area contributed by atoms with Crippen molar-refractivity contribution in [2.24, 2.45) is 0 Å². The van der Waals surface area contributed by atoms with Gasteiger partial charge in [-0.2, -0.15) is 0 Å². The van der Waals surface area contributed by atoms with Gasteiger partial charge in [-0.05, 0) is 22.8 Å². The third kappa shape index (κ3) is 2.33. The van der Waals surface area contributed by atoms with Crippen molar-refractivity contribution >= 4 is 12.0 Å². The smallest absolute Gasteiger partial charge is 0.338 e. The molecule has 0 N–H and O–H groups in total. The van der Waals surface area contributed by atoms with Gasteiger partial charge in [0.1, 0.15) is 0 Å². The van der Waals surface area contributed by atoms with Crippen molar-refractivity contribution in [2.75, 3.05) is 7.11 Å². The molecule has 0 radical (unpaired) electrons. The normalized spacial score (nSPS) is 9.83. The third-order valence-electron chi connectivity index (χ3n) is 2.77. The van der Waals surface area contributed by atoms with E-state index in [2.05, 4.69) is 6.58 Å². The highest BCUT2D eigenvalue weighted by Gasteiger charge is 2.13. The average Bonchev–Trinajstić information content (AvgIpc) is 2.46. The molecule has 90 valence electrons.